The second kappa shape index (κ2) is 11.2. The van der Waals surface area contributed by atoms with Gasteiger partial charge in [-0.1, -0.05) is 23.4 Å². The summed E-state index contributed by atoms with van der Waals surface area (Å²) >= 11 is 0. The lowest BCUT2D eigenvalue weighted by Crippen LogP contribution is -2.30. The molecule has 1 saturated heterocycles. The average Bonchev–Trinajstić information content (AvgIpc) is 3.26. The molecule has 1 aromatic rings. The molecule has 1 amide bonds. The number of carbonyl (C=O) groups is 2. The molecule has 0 spiro atoms. The number of carbonyl (C=O) groups excluding carboxylic acids is 2. The first kappa shape index (κ1) is 22.4. The number of likely N-dealkylation sites (tertiary alicyclic amines) is 1. The highest BCUT2D eigenvalue weighted by Gasteiger charge is 2.21. The Kier molecular flexibility index (Phi) is 8.09. The molecule has 166 valence electrons. The number of rotatable bonds is 3. The quantitative estimate of drug-likeness (QED) is 0.435. The van der Waals surface area contributed by atoms with Crippen molar-refractivity contribution in [3.05, 3.63) is 47.6 Å². The van der Waals surface area contributed by atoms with E-state index in [-0.39, 0.29) is 42.6 Å². The molecule has 0 aromatic heterocycles. The summed E-state index contributed by atoms with van der Waals surface area (Å²) in [6.07, 6.45) is 11.9. The van der Waals surface area contributed by atoms with Crippen LogP contribution in [-0.4, -0.2) is 59.0 Å². The number of fused-ring (bicyclic) bond motifs is 1. The summed E-state index contributed by atoms with van der Waals surface area (Å²) < 4.78 is 5.27. The number of phenolic OH excluding ortho intramolecular Hbond substituents is 2. The first-order chi connectivity index (χ1) is 15.0. The molecular weight excluding hydrogens is 400 g/mol. The number of hydrogen-bond donors (Lipinski definition) is 2. The van der Waals surface area contributed by atoms with Gasteiger partial charge in [0, 0.05) is 25.6 Å². The van der Waals surface area contributed by atoms with Crippen molar-refractivity contribution in [3.63, 3.8) is 0 Å². The highest BCUT2D eigenvalue weighted by Crippen LogP contribution is 2.29. The maximum atomic E-state index is 12.5. The Morgan fingerprint density at radius 1 is 1.10 bits per heavy atom. The maximum absolute atomic E-state index is 12.5. The van der Waals surface area contributed by atoms with Gasteiger partial charge in [-0.05, 0) is 49.8 Å². The smallest absolute Gasteiger partial charge is 0.342 e. The fourth-order valence-corrected chi connectivity index (χ4v) is 3.53. The second-order valence-corrected chi connectivity index (χ2v) is 7.50. The minimum absolute atomic E-state index is 0.0203. The van der Waals surface area contributed by atoms with Gasteiger partial charge in [-0.2, -0.15) is 0 Å². The van der Waals surface area contributed by atoms with Gasteiger partial charge in [0.05, 0.1) is 12.3 Å². The third-order valence-corrected chi connectivity index (χ3v) is 5.08. The number of hydrogen-bond acceptors (Lipinski definition) is 7. The van der Waals surface area contributed by atoms with Crippen molar-refractivity contribution in [2.45, 2.75) is 38.5 Å². The van der Waals surface area contributed by atoms with Crippen LogP contribution in [0.15, 0.2) is 41.6 Å². The van der Waals surface area contributed by atoms with Crippen LogP contribution in [0.4, 0.5) is 0 Å². The van der Waals surface area contributed by atoms with Crippen molar-refractivity contribution in [3.8, 4) is 11.5 Å². The maximum Gasteiger partial charge on any atom is 0.342 e. The SMILES string of the molecule is O=C1OCC/C=C/CC/C=C/C(=NOCC(=O)N2CCCC2)Cc2cc(O)cc(O)c21. The number of phenols is 2. The van der Waals surface area contributed by atoms with E-state index in [4.69, 9.17) is 9.57 Å². The van der Waals surface area contributed by atoms with Crippen molar-refractivity contribution in [1.29, 1.82) is 0 Å². The van der Waals surface area contributed by atoms with Crippen molar-refractivity contribution < 1.29 is 29.4 Å². The van der Waals surface area contributed by atoms with Crippen molar-refractivity contribution in [2.75, 3.05) is 26.3 Å². The Morgan fingerprint density at radius 2 is 1.84 bits per heavy atom. The number of aromatic hydroxyl groups is 2. The monoisotopic (exact) mass is 428 g/mol. The predicted octanol–water partition coefficient (Wildman–Crippen LogP) is 3.09. The van der Waals surface area contributed by atoms with Gasteiger partial charge in [0.25, 0.3) is 5.91 Å². The Morgan fingerprint density at radius 3 is 2.65 bits per heavy atom. The van der Waals surface area contributed by atoms with E-state index < -0.39 is 5.97 Å². The zero-order valence-corrected chi connectivity index (χ0v) is 17.5. The molecule has 0 radical (unpaired) electrons. The summed E-state index contributed by atoms with van der Waals surface area (Å²) in [5, 5.41) is 24.3. The minimum Gasteiger partial charge on any atom is -0.508 e. The molecule has 0 saturated carbocycles. The zero-order valence-electron chi connectivity index (χ0n) is 17.5. The lowest BCUT2D eigenvalue weighted by Gasteiger charge is -2.14. The third-order valence-electron chi connectivity index (χ3n) is 5.08. The third kappa shape index (κ3) is 6.60. The molecule has 0 atom stereocenters. The lowest BCUT2D eigenvalue weighted by atomic mass is 10.00. The van der Waals surface area contributed by atoms with Crippen LogP contribution < -0.4 is 0 Å². The number of nitrogens with zero attached hydrogens (tertiary/aromatic N) is 2. The number of benzene rings is 1. The number of ether oxygens (including phenoxy) is 1. The summed E-state index contributed by atoms with van der Waals surface area (Å²) in [6, 6.07) is 2.49. The van der Waals surface area contributed by atoms with Gasteiger partial charge in [-0.15, -0.1) is 0 Å². The van der Waals surface area contributed by atoms with E-state index in [1.54, 1.807) is 11.0 Å². The van der Waals surface area contributed by atoms with E-state index >= 15 is 0 Å². The number of cyclic esters (lactones) is 1. The summed E-state index contributed by atoms with van der Waals surface area (Å²) in [5.41, 5.74) is 0.787. The molecule has 1 fully saturated rings. The molecule has 31 heavy (non-hydrogen) atoms. The first-order valence-corrected chi connectivity index (χ1v) is 10.5. The molecule has 1 aromatic carbocycles. The Hall–Kier alpha value is -3.29. The Bertz CT molecular complexity index is 884. The molecule has 8 heteroatoms. The van der Waals surface area contributed by atoms with E-state index in [0.717, 1.165) is 44.8 Å². The zero-order chi connectivity index (χ0) is 22.1. The average molecular weight is 428 g/mol. The molecule has 2 aliphatic rings. The summed E-state index contributed by atoms with van der Waals surface area (Å²) in [7, 11) is 0. The second-order valence-electron chi connectivity index (χ2n) is 7.50. The highest BCUT2D eigenvalue weighted by molar-refractivity contribution is 6.00. The largest absolute Gasteiger partial charge is 0.508 e. The van der Waals surface area contributed by atoms with E-state index in [9.17, 15) is 19.8 Å². The van der Waals surface area contributed by atoms with Gasteiger partial charge < -0.3 is 24.7 Å². The Balaban J connectivity index is 1.82. The number of amides is 1. The van der Waals surface area contributed by atoms with Crippen LogP contribution >= 0.6 is 0 Å². The van der Waals surface area contributed by atoms with Gasteiger partial charge in [0.1, 0.15) is 17.1 Å². The fraction of sp³-hybridized carbons (Fsp3) is 0.435. The van der Waals surface area contributed by atoms with Gasteiger partial charge >= 0.3 is 5.97 Å². The van der Waals surface area contributed by atoms with Gasteiger partial charge in [-0.3, -0.25) is 4.79 Å². The molecule has 0 aliphatic carbocycles. The van der Waals surface area contributed by atoms with Crippen LogP contribution in [0.25, 0.3) is 0 Å². The number of esters is 1. The standard InChI is InChI=1S/C23H28N2O6/c26-19-14-17-13-18(24-31-16-21(28)25-10-6-7-11-25)9-5-3-1-2-4-8-12-30-23(29)22(17)20(27)15-19/h2,4-5,9,14-15,26-27H,1,3,6-8,10-13,16H2/b4-2+,9-5+,24-18?. The normalized spacial score (nSPS) is 21.1. The van der Waals surface area contributed by atoms with Crippen molar-refractivity contribution in [1.82, 2.24) is 4.90 Å². The predicted molar refractivity (Wildman–Crippen MR) is 115 cm³/mol. The van der Waals surface area contributed by atoms with Gasteiger partial charge in [-0.25, -0.2) is 4.79 Å². The Labute approximate surface area is 181 Å². The molecule has 2 heterocycles. The van der Waals surface area contributed by atoms with Crippen molar-refractivity contribution >= 4 is 17.6 Å². The summed E-state index contributed by atoms with van der Waals surface area (Å²) in [4.78, 5) is 31.8. The van der Waals surface area contributed by atoms with E-state index in [0.29, 0.717) is 17.7 Å². The molecule has 3 rings (SSSR count). The van der Waals surface area contributed by atoms with Crippen LogP contribution in [-0.2, 0) is 20.8 Å². The first-order valence-electron chi connectivity index (χ1n) is 10.5. The lowest BCUT2D eigenvalue weighted by molar-refractivity contribution is -0.135. The topological polar surface area (TPSA) is 109 Å². The van der Waals surface area contributed by atoms with E-state index in [2.05, 4.69) is 5.16 Å². The van der Waals surface area contributed by atoms with Crippen LogP contribution in [0.2, 0.25) is 0 Å². The summed E-state index contributed by atoms with van der Waals surface area (Å²) in [5.74, 6) is -1.33. The fourth-order valence-electron chi connectivity index (χ4n) is 3.53. The molecule has 2 N–H and O–H groups in total. The minimum atomic E-state index is -0.675. The van der Waals surface area contributed by atoms with Gasteiger partial charge in [0.2, 0.25) is 0 Å². The van der Waals surface area contributed by atoms with Crippen LogP contribution in [0.1, 0.15) is 48.0 Å². The van der Waals surface area contributed by atoms with E-state index in [1.165, 1.54) is 6.07 Å². The molecule has 2 aliphatic heterocycles. The highest BCUT2D eigenvalue weighted by atomic mass is 16.6. The molecule has 0 bridgehead atoms. The summed E-state index contributed by atoms with van der Waals surface area (Å²) in [6.45, 7) is 1.49. The molecule has 0 unspecified atom stereocenters. The van der Waals surface area contributed by atoms with E-state index in [1.807, 2.05) is 18.2 Å². The van der Waals surface area contributed by atoms with Crippen LogP contribution in [0.5, 0.6) is 11.5 Å². The van der Waals surface area contributed by atoms with Crippen LogP contribution in [0.3, 0.4) is 0 Å². The van der Waals surface area contributed by atoms with Crippen LogP contribution in [0, 0.1) is 0 Å². The molecular formula is C23H28N2O6. The van der Waals surface area contributed by atoms with Crippen molar-refractivity contribution in [2.24, 2.45) is 5.16 Å². The molecule has 8 nitrogen and oxygen atoms in total. The number of oxime groups is 1. The number of allylic oxidation sites excluding steroid dienone is 3. The van der Waals surface area contributed by atoms with Gasteiger partial charge in [0.15, 0.2) is 6.61 Å².